The van der Waals surface area contributed by atoms with Crippen LogP contribution in [0, 0.1) is 5.92 Å². The van der Waals surface area contributed by atoms with Crippen molar-refractivity contribution in [1.82, 2.24) is 5.32 Å². The third kappa shape index (κ3) is 4.87. The van der Waals surface area contributed by atoms with Crippen molar-refractivity contribution in [1.29, 1.82) is 0 Å². The third-order valence-electron chi connectivity index (χ3n) is 3.73. The van der Waals surface area contributed by atoms with Crippen molar-refractivity contribution in [3.8, 4) is 0 Å². The molecule has 0 aliphatic rings. The number of benzene rings is 2. The minimum Gasteiger partial charge on any atom is -0.303 e. The Morgan fingerprint density at radius 3 is 2.05 bits per heavy atom. The van der Waals surface area contributed by atoms with Gasteiger partial charge in [0.25, 0.3) is 0 Å². The van der Waals surface area contributed by atoms with Crippen LogP contribution in [0.1, 0.15) is 50.4 Å². The van der Waals surface area contributed by atoms with Crippen molar-refractivity contribution in [3.63, 3.8) is 0 Å². The lowest BCUT2D eigenvalue weighted by Crippen LogP contribution is -2.26. The Morgan fingerprint density at radius 1 is 0.857 bits per heavy atom. The van der Waals surface area contributed by atoms with Crippen LogP contribution in [0.2, 0.25) is 5.02 Å². The van der Waals surface area contributed by atoms with E-state index in [1.807, 2.05) is 12.1 Å². The molecule has 0 saturated heterocycles. The van der Waals surface area contributed by atoms with Gasteiger partial charge in [0.1, 0.15) is 0 Å². The smallest absolute Gasteiger partial charge is 0.0406 e. The lowest BCUT2D eigenvalue weighted by molar-refractivity contribution is 0.394. The summed E-state index contributed by atoms with van der Waals surface area (Å²) in [6, 6.07) is 19.5. The largest absolute Gasteiger partial charge is 0.303 e. The molecular weight excluding hydrogens is 278 g/mol. The molecule has 0 bridgehead atoms. The van der Waals surface area contributed by atoms with Gasteiger partial charge in [-0.1, -0.05) is 67.9 Å². The van der Waals surface area contributed by atoms with Crippen LogP contribution in [0.3, 0.4) is 0 Å². The first-order valence-corrected chi connectivity index (χ1v) is 8.00. The molecule has 0 heterocycles. The van der Waals surface area contributed by atoms with Crippen LogP contribution in [-0.2, 0) is 0 Å². The van der Waals surface area contributed by atoms with Crippen LogP contribution < -0.4 is 5.32 Å². The van der Waals surface area contributed by atoms with Crippen molar-refractivity contribution in [2.45, 2.75) is 39.3 Å². The second kappa shape index (κ2) is 7.63. The topological polar surface area (TPSA) is 12.0 Å². The summed E-state index contributed by atoms with van der Waals surface area (Å²) in [5.41, 5.74) is 2.62. The molecule has 1 nitrogen and oxygen atoms in total. The highest BCUT2D eigenvalue weighted by Crippen LogP contribution is 2.25. The van der Waals surface area contributed by atoms with Crippen LogP contribution in [0.4, 0.5) is 0 Å². The molecule has 2 aromatic carbocycles. The van der Waals surface area contributed by atoms with Crippen LogP contribution in [0.15, 0.2) is 54.6 Å². The van der Waals surface area contributed by atoms with Gasteiger partial charge in [-0.25, -0.2) is 0 Å². The maximum absolute atomic E-state index is 5.97. The van der Waals surface area contributed by atoms with Gasteiger partial charge >= 0.3 is 0 Å². The van der Waals surface area contributed by atoms with E-state index in [9.17, 15) is 0 Å². The molecular formula is C19H24ClN. The van der Waals surface area contributed by atoms with Crippen LogP contribution in [0.5, 0.6) is 0 Å². The van der Waals surface area contributed by atoms with Gasteiger partial charge in [0.2, 0.25) is 0 Å². The van der Waals surface area contributed by atoms with Gasteiger partial charge in [0.15, 0.2) is 0 Å². The minimum absolute atomic E-state index is 0.297. The number of hydrogen-bond acceptors (Lipinski definition) is 1. The molecule has 0 aliphatic heterocycles. The van der Waals surface area contributed by atoms with E-state index in [2.05, 4.69) is 68.6 Å². The molecule has 2 aromatic rings. The van der Waals surface area contributed by atoms with E-state index < -0.39 is 0 Å². The highest BCUT2D eigenvalue weighted by Gasteiger charge is 2.16. The normalized spacial score (nSPS) is 14.1. The maximum atomic E-state index is 5.97. The van der Waals surface area contributed by atoms with Gasteiger partial charge in [-0.15, -0.1) is 0 Å². The van der Waals surface area contributed by atoms with E-state index in [0.29, 0.717) is 18.0 Å². The second-order valence-corrected chi connectivity index (χ2v) is 6.47. The summed E-state index contributed by atoms with van der Waals surface area (Å²) in [7, 11) is 0. The zero-order valence-corrected chi connectivity index (χ0v) is 13.8. The molecule has 2 atom stereocenters. The predicted molar refractivity (Wildman–Crippen MR) is 91.6 cm³/mol. The summed E-state index contributed by atoms with van der Waals surface area (Å²) >= 11 is 5.97. The van der Waals surface area contributed by atoms with Crippen LogP contribution >= 0.6 is 11.6 Å². The zero-order chi connectivity index (χ0) is 15.2. The van der Waals surface area contributed by atoms with Crippen molar-refractivity contribution >= 4 is 11.6 Å². The van der Waals surface area contributed by atoms with Gasteiger partial charge in [-0.05, 0) is 42.5 Å². The molecule has 0 spiro atoms. The number of halogens is 1. The van der Waals surface area contributed by atoms with Gasteiger partial charge in [-0.3, -0.25) is 0 Å². The fourth-order valence-corrected chi connectivity index (χ4v) is 2.73. The van der Waals surface area contributed by atoms with Gasteiger partial charge in [0.05, 0.1) is 0 Å². The average Bonchev–Trinajstić information content (AvgIpc) is 2.47. The predicted octanol–water partition coefficient (Wildman–Crippen LogP) is 5.78. The monoisotopic (exact) mass is 301 g/mol. The summed E-state index contributed by atoms with van der Waals surface area (Å²) in [4.78, 5) is 0. The molecule has 2 heteroatoms. The van der Waals surface area contributed by atoms with E-state index in [0.717, 1.165) is 11.4 Å². The first-order valence-electron chi connectivity index (χ1n) is 7.62. The summed E-state index contributed by atoms with van der Waals surface area (Å²) < 4.78 is 0. The van der Waals surface area contributed by atoms with E-state index in [4.69, 9.17) is 11.6 Å². The first kappa shape index (κ1) is 16.1. The van der Waals surface area contributed by atoms with E-state index >= 15 is 0 Å². The Bertz CT molecular complexity index is 533. The Kier molecular flexibility index (Phi) is 5.84. The molecule has 0 radical (unpaired) electrons. The highest BCUT2D eigenvalue weighted by atomic mass is 35.5. The SMILES string of the molecule is CC(C)CC(N[C@H](C)c1ccc(Cl)cc1)c1ccccc1. The highest BCUT2D eigenvalue weighted by molar-refractivity contribution is 6.30. The van der Waals surface area contributed by atoms with E-state index in [-0.39, 0.29) is 0 Å². The quantitative estimate of drug-likeness (QED) is 0.713. The van der Waals surface area contributed by atoms with E-state index in [1.54, 1.807) is 0 Å². The van der Waals surface area contributed by atoms with E-state index in [1.165, 1.54) is 11.1 Å². The lowest BCUT2D eigenvalue weighted by atomic mass is 9.95. The number of nitrogens with one attached hydrogen (secondary N) is 1. The molecule has 1 N–H and O–H groups in total. The van der Waals surface area contributed by atoms with Gasteiger partial charge < -0.3 is 5.32 Å². The summed E-state index contributed by atoms with van der Waals surface area (Å²) in [6.45, 7) is 6.74. The summed E-state index contributed by atoms with van der Waals surface area (Å²) in [5.74, 6) is 0.653. The molecule has 2 rings (SSSR count). The minimum atomic E-state index is 0.297. The molecule has 1 unspecified atom stereocenters. The summed E-state index contributed by atoms with van der Waals surface area (Å²) in [5, 5.41) is 4.54. The van der Waals surface area contributed by atoms with Gasteiger partial charge in [0, 0.05) is 17.1 Å². The summed E-state index contributed by atoms with van der Waals surface area (Å²) in [6.07, 6.45) is 1.13. The Labute approximate surface area is 133 Å². The Hall–Kier alpha value is -1.31. The Morgan fingerprint density at radius 2 is 1.48 bits per heavy atom. The average molecular weight is 302 g/mol. The molecule has 112 valence electrons. The molecule has 0 aromatic heterocycles. The lowest BCUT2D eigenvalue weighted by Gasteiger charge is -2.25. The van der Waals surface area contributed by atoms with Crippen molar-refractivity contribution in [2.75, 3.05) is 0 Å². The fraction of sp³-hybridized carbons (Fsp3) is 0.368. The van der Waals surface area contributed by atoms with Crippen LogP contribution in [-0.4, -0.2) is 0 Å². The number of rotatable bonds is 6. The molecule has 0 saturated carbocycles. The molecule has 0 fully saturated rings. The first-order chi connectivity index (χ1) is 10.1. The maximum Gasteiger partial charge on any atom is 0.0406 e. The van der Waals surface area contributed by atoms with Gasteiger partial charge in [-0.2, -0.15) is 0 Å². The van der Waals surface area contributed by atoms with Crippen molar-refractivity contribution in [2.24, 2.45) is 5.92 Å². The molecule has 0 aliphatic carbocycles. The van der Waals surface area contributed by atoms with Crippen molar-refractivity contribution < 1.29 is 0 Å². The zero-order valence-electron chi connectivity index (χ0n) is 13.0. The second-order valence-electron chi connectivity index (χ2n) is 6.03. The number of hydrogen-bond donors (Lipinski definition) is 1. The Balaban J connectivity index is 2.13. The standard InChI is InChI=1S/C19H24ClN/c1-14(2)13-19(17-7-5-4-6-8-17)21-15(3)16-9-11-18(20)12-10-16/h4-12,14-15,19,21H,13H2,1-3H3/t15-,19?/m1/s1. The molecule has 21 heavy (non-hydrogen) atoms. The van der Waals surface area contributed by atoms with Crippen molar-refractivity contribution in [3.05, 3.63) is 70.7 Å². The third-order valence-corrected chi connectivity index (χ3v) is 3.98. The fourth-order valence-electron chi connectivity index (χ4n) is 2.61. The van der Waals surface area contributed by atoms with Crippen LogP contribution in [0.25, 0.3) is 0 Å². The molecule has 0 amide bonds.